The summed E-state index contributed by atoms with van der Waals surface area (Å²) in [6.45, 7) is 12.8. The lowest BCUT2D eigenvalue weighted by Crippen LogP contribution is -2.50. The Labute approximate surface area is 106 Å². The summed E-state index contributed by atoms with van der Waals surface area (Å²) in [4.78, 5) is 0. The van der Waals surface area contributed by atoms with Crippen molar-refractivity contribution in [2.24, 2.45) is 17.8 Å². The molecule has 2 nitrogen and oxygen atoms in total. The normalized spacial score (nSPS) is 33.2. The van der Waals surface area contributed by atoms with E-state index in [1.165, 1.54) is 25.1 Å². The zero-order chi connectivity index (χ0) is 12.6. The molecule has 0 bridgehead atoms. The van der Waals surface area contributed by atoms with Crippen LogP contribution >= 0.6 is 0 Å². The molecule has 3 unspecified atom stereocenters. The average molecular weight is 236 g/mol. The van der Waals surface area contributed by atoms with Crippen LogP contribution in [-0.4, -0.2) is 18.6 Å². The van der Waals surface area contributed by atoms with Crippen LogP contribution in [0.15, 0.2) is 11.3 Å². The van der Waals surface area contributed by atoms with Crippen LogP contribution in [0, 0.1) is 17.8 Å². The monoisotopic (exact) mass is 236 g/mol. The quantitative estimate of drug-likeness (QED) is 0.787. The highest BCUT2D eigenvalue weighted by molar-refractivity contribution is 5.29. The Balaban J connectivity index is 2.38. The molecule has 0 aromatic carbocycles. The minimum Gasteiger partial charge on any atom is -0.385 e. The van der Waals surface area contributed by atoms with Gasteiger partial charge < -0.3 is 10.6 Å². The molecule has 0 spiro atoms. The Morgan fingerprint density at radius 1 is 1.18 bits per heavy atom. The number of hydrogen-bond acceptors (Lipinski definition) is 2. The van der Waals surface area contributed by atoms with E-state index in [4.69, 9.17) is 0 Å². The van der Waals surface area contributed by atoms with E-state index in [0.717, 1.165) is 5.92 Å². The van der Waals surface area contributed by atoms with Gasteiger partial charge in [-0.05, 0) is 42.7 Å². The van der Waals surface area contributed by atoms with Crippen LogP contribution in [0.3, 0.4) is 0 Å². The minimum absolute atomic E-state index is 0.616. The largest absolute Gasteiger partial charge is 0.385 e. The summed E-state index contributed by atoms with van der Waals surface area (Å²) in [7, 11) is 0. The number of allylic oxidation sites excluding steroid dienone is 1. The highest BCUT2D eigenvalue weighted by Crippen LogP contribution is 2.37. The molecule has 0 amide bonds. The van der Waals surface area contributed by atoms with Gasteiger partial charge in [-0.2, -0.15) is 0 Å². The van der Waals surface area contributed by atoms with Crippen molar-refractivity contribution in [3.8, 4) is 0 Å². The Bertz CT molecular complexity index is 304. The van der Waals surface area contributed by atoms with Gasteiger partial charge in [-0.15, -0.1) is 0 Å². The predicted octanol–water partition coefficient (Wildman–Crippen LogP) is 2.91. The zero-order valence-corrected chi connectivity index (χ0v) is 12.0. The summed E-state index contributed by atoms with van der Waals surface area (Å²) in [6.07, 6.45) is 2.57. The predicted molar refractivity (Wildman–Crippen MR) is 73.8 cm³/mol. The van der Waals surface area contributed by atoms with Crippen LogP contribution < -0.4 is 10.6 Å². The van der Waals surface area contributed by atoms with Gasteiger partial charge in [-0.25, -0.2) is 0 Å². The van der Waals surface area contributed by atoms with Gasteiger partial charge in [-0.3, -0.25) is 0 Å². The molecule has 1 saturated heterocycles. The van der Waals surface area contributed by atoms with Gasteiger partial charge in [0.05, 0.1) is 0 Å². The van der Waals surface area contributed by atoms with Crippen molar-refractivity contribution in [1.29, 1.82) is 0 Å². The Hall–Kier alpha value is -0.500. The summed E-state index contributed by atoms with van der Waals surface area (Å²) >= 11 is 0. The van der Waals surface area contributed by atoms with Gasteiger partial charge in [-0.1, -0.05) is 34.6 Å². The summed E-state index contributed by atoms with van der Waals surface area (Å²) in [5.41, 5.74) is 3.16. The Kier molecular flexibility index (Phi) is 3.82. The third-order valence-electron chi connectivity index (χ3n) is 4.41. The third kappa shape index (κ3) is 2.24. The lowest BCUT2D eigenvalue weighted by molar-refractivity contribution is 0.298. The summed E-state index contributed by atoms with van der Waals surface area (Å²) in [5.74, 6) is 2.07. The second-order valence-corrected chi connectivity index (χ2v) is 6.22. The Morgan fingerprint density at radius 2 is 1.88 bits per heavy atom. The summed E-state index contributed by atoms with van der Waals surface area (Å²) < 4.78 is 0. The maximum atomic E-state index is 3.85. The zero-order valence-electron chi connectivity index (χ0n) is 12.0. The molecule has 0 aromatic rings. The molecule has 1 fully saturated rings. The molecule has 98 valence electrons. The van der Waals surface area contributed by atoms with Crippen LogP contribution in [0.4, 0.5) is 0 Å². The molecule has 17 heavy (non-hydrogen) atoms. The van der Waals surface area contributed by atoms with Crippen LogP contribution in [-0.2, 0) is 0 Å². The van der Waals surface area contributed by atoms with Gasteiger partial charge in [0.2, 0.25) is 0 Å². The first-order valence-corrected chi connectivity index (χ1v) is 7.30. The lowest BCUT2D eigenvalue weighted by atomic mass is 9.76. The van der Waals surface area contributed by atoms with Crippen molar-refractivity contribution in [1.82, 2.24) is 10.6 Å². The molecule has 2 rings (SSSR count). The Morgan fingerprint density at radius 3 is 2.41 bits per heavy atom. The molecule has 0 aliphatic carbocycles. The fraction of sp³-hybridized carbons (Fsp3) is 0.867. The van der Waals surface area contributed by atoms with E-state index >= 15 is 0 Å². The molecule has 2 N–H and O–H groups in total. The van der Waals surface area contributed by atoms with Crippen molar-refractivity contribution >= 4 is 0 Å². The van der Waals surface area contributed by atoms with E-state index < -0.39 is 0 Å². The van der Waals surface area contributed by atoms with Crippen molar-refractivity contribution in [3.05, 3.63) is 11.3 Å². The van der Waals surface area contributed by atoms with Crippen LogP contribution in [0.5, 0.6) is 0 Å². The fourth-order valence-corrected chi connectivity index (χ4v) is 3.63. The van der Waals surface area contributed by atoms with E-state index in [9.17, 15) is 0 Å². The average Bonchev–Trinajstić information content (AvgIpc) is 2.74. The van der Waals surface area contributed by atoms with Crippen molar-refractivity contribution < 1.29 is 0 Å². The van der Waals surface area contributed by atoms with Crippen LogP contribution in [0.25, 0.3) is 0 Å². The van der Waals surface area contributed by atoms with E-state index in [-0.39, 0.29) is 0 Å². The first kappa shape index (κ1) is 12.9. The first-order valence-electron chi connectivity index (χ1n) is 7.30. The maximum absolute atomic E-state index is 3.85. The van der Waals surface area contributed by atoms with E-state index in [1.54, 1.807) is 5.57 Å². The highest BCUT2D eigenvalue weighted by atomic mass is 15.1. The number of nitrogens with one attached hydrogen (secondary N) is 2. The molecule has 2 aliphatic rings. The minimum atomic E-state index is 0.616. The van der Waals surface area contributed by atoms with Crippen molar-refractivity contribution in [2.45, 2.75) is 59.5 Å². The fourth-order valence-electron chi connectivity index (χ4n) is 3.63. The SMILES string of the molecule is CCC1NC(C(C)C)=C(C(C)C)C2NCCC12. The van der Waals surface area contributed by atoms with Gasteiger partial charge in [0.25, 0.3) is 0 Å². The lowest BCUT2D eigenvalue weighted by Gasteiger charge is -2.41. The number of fused-ring (bicyclic) bond motifs is 1. The molecule has 0 aromatic heterocycles. The van der Waals surface area contributed by atoms with Gasteiger partial charge in [0, 0.05) is 17.8 Å². The molecule has 3 atom stereocenters. The second kappa shape index (κ2) is 5.01. The molecule has 2 heteroatoms. The molecule has 0 radical (unpaired) electrons. The number of hydrogen-bond donors (Lipinski definition) is 2. The molecular formula is C15H28N2. The van der Waals surface area contributed by atoms with Crippen LogP contribution in [0.2, 0.25) is 0 Å². The summed E-state index contributed by atoms with van der Waals surface area (Å²) in [5, 5.41) is 7.59. The molecule has 2 heterocycles. The van der Waals surface area contributed by atoms with Gasteiger partial charge >= 0.3 is 0 Å². The maximum Gasteiger partial charge on any atom is 0.0350 e. The van der Waals surface area contributed by atoms with Gasteiger partial charge in [0.1, 0.15) is 0 Å². The smallest absolute Gasteiger partial charge is 0.0350 e. The van der Waals surface area contributed by atoms with Crippen molar-refractivity contribution in [3.63, 3.8) is 0 Å². The molecular weight excluding hydrogens is 208 g/mol. The van der Waals surface area contributed by atoms with E-state index in [1.807, 2.05) is 0 Å². The standard InChI is InChI=1S/C15H28N2/c1-6-12-11-7-8-16-15(11)13(9(2)3)14(17-12)10(4)5/h9-12,15-17H,6-8H2,1-5H3. The molecule has 0 saturated carbocycles. The van der Waals surface area contributed by atoms with Gasteiger partial charge in [0.15, 0.2) is 0 Å². The number of rotatable bonds is 3. The topological polar surface area (TPSA) is 24.1 Å². The summed E-state index contributed by atoms with van der Waals surface area (Å²) in [6, 6.07) is 1.31. The highest BCUT2D eigenvalue weighted by Gasteiger charge is 2.41. The first-order chi connectivity index (χ1) is 8.06. The van der Waals surface area contributed by atoms with E-state index in [0.29, 0.717) is 23.9 Å². The van der Waals surface area contributed by atoms with Crippen molar-refractivity contribution in [2.75, 3.05) is 6.54 Å². The molecule has 2 aliphatic heterocycles. The third-order valence-corrected chi connectivity index (χ3v) is 4.41. The van der Waals surface area contributed by atoms with Crippen LogP contribution in [0.1, 0.15) is 47.5 Å². The van der Waals surface area contributed by atoms with E-state index in [2.05, 4.69) is 45.3 Å². The second-order valence-electron chi connectivity index (χ2n) is 6.22.